The highest BCUT2D eigenvalue weighted by molar-refractivity contribution is 5.94. The highest BCUT2D eigenvalue weighted by Crippen LogP contribution is 2.31. The van der Waals surface area contributed by atoms with E-state index in [4.69, 9.17) is 5.73 Å². The summed E-state index contributed by atoms with van der Waals surface area (Å²) in [6.07, 6.45) is 2.35. The lowest BCUT2D eigenvalue weighted by Gasteiger charge is -2.47. The van der Waals surface area contributed by atoms with Crippen LogP contribution >= 0.6 is 0 Å². The number of nitrogens with zero attached hydrogens (tertiary/aromatic N) is 2. The molecule has 2 amide bonds. The van der Waals surface area contributed by atoms with Crippen LogP contribution < -0.4 is 11.1 Å². The van der Waals surface area contributed by atoms with Gasteiger partial charge in [0.2, 0.25) is 5.91 Å². The minimum atomic E-state index is 0.0840. The van der Waals surface area contributed by atoms with E-state index in [0.29, 0.717) is 25.4 Å². The first-order valence-electron chi connectivity index (χ1n) is 9.16. The van der Waals surface area contributed by atoms with Crippen LogP contribution in [0.2, 0.25) is 0 Å². The molecule has 6 heteroatoms. The summed E-state index contributed by atoms with van der Waals surface area (Å²) in [7, 11) is 1.91. The molecular formula is C19H28N4O2. The maximum atomic E-state index is 12.8. The summed E-state index contributed by atoms with van der Waals surface area (Å²) in [5.41, 5.74) is 7.37. The van der Waals surface area contributed by atoms with Crippen LogP contribution in [0.4, 0.5) is 0 Å². The van der Waals surface area contributed by atoms with Crippen molar-refractivity contribution in [2.24, 2.45) is 11.7 Å². The lowest BCUT2D eigenvalue weighted by molar-refractivity contribution is -0.140. The van der Waals surface area contributed by atoms with Gasteiger partial charge in [0.1, 0.15) is 0 Å². The van der Waals surface area contributed by atoms with Crippen LogP contribution in [0.5, 0.6) is 0 Å². The number of nitrogens with two attached hydrogens (primary N) is 1. The highest BCUT2D eigenvalue weighted by Gasteiger charge is 2.40. The fourth-order valence-electron chi connectivity index (χ4n) is 4.02. The molecule has 2 saturated heterocycles. The molecule has 2 aliphatic heterocycles. The van der Waals surface area contributed by atoms with Crippen molar-refractivity contribution in [2.45, 2.75) is 31.8 Å². The SMILES string of the molecule is CNCCN1C(=O)CC[C@H]2CN(C(=O)c3ccc(CN)cc3)CC[C@H]21. The standard InChI is InChI=1S/C19H28N4O2/c1-21-9-11-23-17-8-10-22(13-16(17)6-7-18(23)24)19(25)15-4-2-14(12-20)3-5-15/h2-5,16-17,21H,6-13,20H2,1H3/t16-,17+/m0/s1. The zero-order valence-corrected chi connectivity index (χ0v) is 14.9. The van der Waals surface area contributed by atoms with Crippen molar-refractivity contribution in [3.63, 3.8) is 0 Å². The quantitative estimate of drug-likeness (QED) is 0.829. The van der Waals surface area contributed by atoms with Crippen LogP contribution in [0.25, 0.3) is 0 Å². The van der Waals surface area contributed by atoms with Crippen molar-refractivity contribution < 1.29 is 9.59 Å². The van der Waals surface area contributed by atoms with Gasteiger partial charge in [-0.15, -0.1) is 0 Å². The van der Waals surface area contributed by atoms with E-state index in [1.807, 2.05) is 41.1 Å². The molecule has 6 nitrogen and oxygen atoms in total. The number of benzene rings is 1. The maximum absolute atomic E-state index is 12.8. The summed E-state index contributed by atoms with van der Waals surface area (Å²) in [5, 5.41) is 3.12. The van der Waals surface area contributed by atoms with Crippen molar-refractivity contribution in [3.05, 3.63) is 35.4 Å². The van der Waals surface area contributed by atoms with Crippen molar-refractivity contribution in [2.75, 3.05) is 33.2 Å². The highest BCUT2D eigenvalue weighted by atomic mass is 16.2. The van der Waals surface area contributed by atoms with Gasteiger partial charge < -0.3 is 20.9 Å². The van der Waals surface area contributed by atoms with Crippen molar-refractivity contribution in [3.8, 4) is 0 Å². The Bertz CT molecular complexity index is 616. The van der Waals surface area contributed by atoms with E-state index >= 15 is 0 Å². The van der Waals surface area contributed by atoms with E-state index < -0.39 is 0 Å². The molecule has 3 rings (SSSR count). The zero-order valence-electron chi connectivity index (χ0n) is 14.9. The van der Waals surface area contributed by atoms with Crippen molar-refractivity contribution in [1.29, 1.82) is 0 Å². The summed E-state index contributed by atoms with van der Waals surface area (Å²) in [5.74, 6) is 0.727. The van der Waals surface area contributed by atoms with Gasteiger partial charge in [-0.2, -0.15) is 0 Å². The first kappa shape index (κ1) is 17.9. The second-order valence-corrected chi connectivity index (χ2v) is 7.00. The monoisotopic (exact) mass is 344 g/mol. The summed E-state index contributed by atoms with van der Waals surface area (Å²) in [4.78, 5) is 29.0. The number of hydrogen-bond donors (Lipinski definition) is 2. The van der Waals surface area contributed by atoms with E-state index in [2.05, 4.69) is 5.32 Å². The maximum Gasteiger partial charge on any atom is 0.253 e. The second-order valence-electron chi connectivity index (χ2n) is 7.00. The van der Waals surface area contributed by atoms with Crippen LogP contribution in [0, 0.1) is 5.92 Å². The van der Waals surface area contributed by atoms with Crippen molar-refractivity contribution in [1.82, 2.24) is 15.1 Å². The Balaban J connectivity index is 1.66. The molecule has 136 valence electrons. The molecule has 0 spiro atoms. The van der Waals surface area contributed by atoms with Gasteiger partial charge in [-0.3, -0.25) is 9.59 Å². The molecule has 0 saturated carbocycles. The van der Waals surface area contributed by atoms with E-state index in [0.717, 1.165) is 43.6 Å². The van der Waals surface area contributed by atoms with Crippen molar-refractivity contribution >= 4 is 11.8 Å². The minimum Gasteiger partial charge on any atom is -0.338 e. The number of nitrogens with one attached hydrogen (secondary N) is 1. The molecule has 2 aliphatic rings. The van der Waals surface area contributed by atoms with Gasteiger partial charge in [-0.1, -0.05) is 12.1 Å². The number of carbonyl (C=O) groups excluding carboxylic acids is 2. The Hall–Kier alpha value is -1.92. The van der Waals surface area contributed by atoms with E-state index in [1.54, 1.807) is 0 Å². The van der Waals surface area contributed by atoms with E-state index in [9.17, 15) is 9.59 Å². The Kier molecular flexibility index (Phi) is 5.71. The molecule has 25 heavy (non-hydrogen) atoms. The Morgan fingerprint density at radius 2 is 2.04 bits per heavy atom. The minimum absolute atomic E-state index is 0.0840. The molecule has 1 aromatic carbocycles. The Morgan fingerprint density at radius 1 is 1.28 bits per heavy atom. The van der Waals surface area contributed by atoms with Gasteiger partial charge in [0, 0.05) is 50.7 Å². The average Bonchev–Trinajstić information content (AvgIpc) is 2.66. The largest absolute Gasteiger partial charge is 0.338 e. The Labute approximate surface area is 149 Å². The molecule has 0 aromatic heterocycles. The molecular weight excluding hydrogens is 316 g/mol. The molecule has 2 fully saturated rings. The number of carbonyl (C=O) groups is 2. The predicted molar refractivity (Wildman–Crippen MR) is 97.0 cm³/mol. The summed E-state index contributed by atoms with van der Waals surface area (Å²) in [6.45, 7) is 3.50. The second kappa shape index (κ2) is 7.97. The molecule has 0 unspecified atom stereocenters. The topological polar surface area (TPSA) is 78.7 Å². The molecule has 0 bridgehead atoms. The third-order valence-corrected chi connectivity index (χ3v) is 5.47. The number of hydrogen-bond acceptors (Lipinski definition) is 4. The lowest BCUT2D eigenvalue weighted by Crippen LogP contribution is -2.57. The van der Waals surface area contributed by atoms with Gasteiger partial charge in [-0.25, -0.2) is 0 Å². The normalized spacial score (nSPS) is 23.5. The molecule has 1 aromatic rings. The first-order chi connectivity index (χ1) is 12.1. The lowest BCUT2D eigenvalue weighted by atomic mass is 9.83. The summed E-state index contributed by atoms with van der Waals surface area (Å²) in [6, 6.07) is 7.83. The zero-order chi connectivity index (χ0) is 17.8. The first-order valence-corrected chi connectivity index (χ1v) is 9.16. The molecule has 2 atom stereocenters. The van der Waals surface area contributed by atoms with Crippen LogP contribution in [0.1, 0.15) is 35.2 Å². The Morgan fingerprint density at radius 3 is 2.72 bits per heavy atom. The molecule has 0 radical (unpaired) electrons. The third kappa shape index (κ3) is 3.85. The van der Waals surface area contributed by atoms with Gasteiger partial charge >= 0.3 is 0 Å². The molecule has 0 aliphatic carbocycles. The predicted octanol–water partition coefficient (Wildman–Crippen LogP) is 0.818. The summed E-state index contributed by atoms with van der Waals surface area (Å²) < 4.78 is 0. The number of fused-ring (bicyclic) bond motifs is 1. The molecule has 3 N–H and O–H groups in total. The van der Waals surface area contributed by atoms with Crippen LogP contribution in [0.3, 0.4) is 0 Å². The average molecular weight is 344 g/mol. The number of rotatable bonds is 5. The van der Waals surface area contributed by atoms with Gasteiger partial charge in [0.15, 0.2) is 0 Å². The van der Waals surface area contributed by atoms with Crippen LogP contribution in [-0.2, 0) is 11.3 Å². The van der Waals surface area contributed by atoms with E-state index in [1.165, 1.54) is 0 Å². The smallest absolute Gasteiger partial charge is 0.253 e. The fraction of sp³-hybridized carbons (Fsp3) is 0.579. The summed E-state index contributed by atoms with van der Waals surface area (Å²) >= 11 is 0. The molecule has 2 heterocycles. The number of likely N-dealkylation sites (tertiary alicyclic amines) is 2. The fourth-order valence-corrected chi connectivity index (χ4v) is 4.02. The number of piperidine rings is 2. The van der Waals surface area contributed by atoms with Gasteiger partial charge in [-0.05, 0) is 43.5 Å². The van der Waals surface area contributed by atoms with Gasteiger partial charge in [0.25, 0.3) is 5.91 Å². The van der Waals surface area contributed by atoms with E-state index in [-0.39, 0.29) is 17.9 Å². The van der Waals surface area contributed by atoms with Crippen LogP contribution in [-0.4, -0.2) is 60.9 Å². The number of amides is 2. The van der Waals surface area contributed by atoms with Crippen LogP contribution in [0.15, 0.2) is 24.3 Å². The number of likely N-dealkylation sites (N-methyl/N-ethyl adjacent to an activating group) is 1. The van der Waals surface area contributed by atoms with Gasteiger partial charge in [0.05, 0.1) is 0 Å². The third-order valence-electron chi connectivity index (χ3n) is 5.47.